The summed E-state index contributed by atoms with van der Waals surface area (Å²) in [5.41, 5.74) is 0.686. The molecule has 1 N–H and O–H groups in total. The van der Waals surface area contributed by atoms with Gasteiger partial charge in [0.2, 0.25) is 0 Å². The monoisotopic (exact) mass is 137 g/mol. The first-order valence-electron chi connectivity index (χ1n) is 2.90. The molecule has 1 aliphatic heterocycles. The second-order valence-electron chi connectivity index (χ2n) is 1.97. The Morgan fingerprint density at radius 2 is 2.60 bits per heavy atom. The van der Waals surface area contributed by atoms with E-state index in [0.717, 1.165) is 4.90 Å². The van der Waals surface area contributed by atoms with Crippen molar-refractivity contribution in [3.63, 3.8) is 0 Å². The molecule has 0 aromatic carbocycles. The van der Waals surface area contributed by atoms with Crippen molar-refractivity contribution < 1.29 is 4.79 Å². The van der Waals surface area contributed by atoms with Crippen LogP contribution in [0.1, 0.15) is 6.92 Å². The van der Waals surface area contributed by atoms with Crippen LogP contribution < -0.4 is 5.32 Å². The van der Waals surface area contributed by atoms with Crippen LogP contribution in [-0.4, -0.2) is 17.5 Å². The Bertz CT molecular complexity index is 226. The number of amides is 2. The molecular formula is C6H7N3O. The largest absolute Gasteiger partial charge is 0.335 e. The summed E-state index contributed by atoms with van der Waals surface area (Å²) >= 11 is 0. The van der Waals surface area contributed by atoms with Crippen LogP contribution in [0.4, 0.5) is 4.79 Å². The van der Waals surface area contributed by atoms with Crippen molar-refractivity contribution in [2.24, 2.45) is 0 Å². The van der Waals surface area contributed by atoms with Gasteiger partial charge in [-0.1, -0.05) is 0 Å². The maximum absolute atomic E-state index is 10.8. The molecule has 4 nitrogen and oxygen atoms in total. The number of nitrogens with zero attached hydrogens (tertiary/aromatic N) is 2. The van der Waals surface area contributed by atoms with E-state index in [-0.39, 0.29) is 6.03 Å². The number of nitriles is 1. The van der Waals surface area contributed by atoms with Crippen LogP contribution >= 0.6 is 0 Å². The smallest absolute Gasteiger partial charge is 0.333 e. The van der Waals surface area contributed by atoms with Crippen molar-refractivity contribution >= 4 is 6.03 Å². The SMILES string of the molecule is CC1=CCNC(=O)N1C#N. The van der Waals surface area contributed by atoms with Gasteiger partial charge in [-0.15, -0.1) is 0 Å². The Morgan fingerprint density at radius 3 is 3.00 bits per heavy atom. The van der Waals surface area contributed by atoms with Crippen molar-refractivity contribution in [1.82, 2.24) is 10.2 Å². The van der Waals surface area contributed by atoms with Crippen LogP contribution in [0, 0.1) is 11.5 Å². The van der Waals surface area contributed by atoms with Gasteiger partial charge in [0.25, 0.3) is 0 Å². The van der Waals surface area contributed by atoms with Crippen LogP contribution in [0.2, 0.25) is 0 Å². The highest BCUT2D eigenvalue weighted by atomic mass is 16.2. The molecule has 0 bridgehead atoms. The van der Waals surface area contributed by atoms with Gasteiger partial charge in [0.1, 0.15) is 0 Å². The minimum atomic E-state index is -0.345. The lowest BCUT2D eigenvalue weighted by molar-refractivity contribution is 0.224. The molecule has 1 rings (SSSR count). The van der Waals surface area contributed by atoms with Gasteiger partial charge in [0.05, 0.1) is 0 Å². The third kappa shape index (κ3) is 0.935. The first-order valence-corrected chi connectivity index (χ1v) is 2.90. The van der Waals surface area contributed by atoms with Gasteiger partial charge in [0, 0.05) is 12.2 Å². The normalized spacial score (nSPS) is 17.4. The lowest BCUT2D eigenvalue weighted by atomic mass is 10.3. The van der Waals surface area contributed by atoms with Crippen molar-refractivity contribution in [1.29, 1.82) is 5.26 Å². The molecule has 0 atom stereocenters. The van der Waals surface area contributed by atoms with Crippen molar-refractivity contribution in [2.75, 3.05) is 6.54 Å². The molecule has 0 saturated carbocycles. The van der Waals surface area contributed by atoms with E-state index in [4.69, 9.17) is 5.26 Å². The molecular weight excluding hydrogens is 130 g/mol. The average Bonchev–Trinajstić information content (AvgIpc) is 1.88. The van der Waals surface area contributed by atoms with E-state index in [1.54, 1.807) is 19.2 Å². The average molecular weight is 137 g/mol. The molecule has 0 unspecified atom stereocenters. The molecule has 0 fully saturated rings. The number of urea groups is 1. The highest BCUT2D eigenvalue weighted by molar-refractivity contribution is 5.79. The minimum Gasteiger partial charge on any atom is -0.333 e. The molecule has 0 radical (unpaired) electrons. The quantitative estimate of drug-likeness (QED) is 0.491. The zero-order valence-electron chi connectivity index (χ0n) is 5.59. The van der Waals surface area contributed by atoms with Crippen LogP contribution in [0.5, 0.6) is 0 Å². The van der Waals surface area contributed by atoms with Crippen molar-refractivity contribution in [3.05, 3.63) is 11.8 Å². The standard InChI is InChI=1S/C6H7N3O/c1-5-2-3-8-6(10)9(5)4-7/h2H,3H2,1H3,(H,8,10). The predicted molar refractivity (Wildman–Crippen MR) is 34.6 cm³/mol. The molecule has 52 valence electrons. The van der Waals surface area contributed by atoms with E-state index in [0.29, 0.717) is 12.2 Å². The number of allylic oxidation sites excluding steroid dienone is 1. The third-order valence-corrected chi connectivity index (χ3v) is 1.31. The van der Waals surface area contributed by atoms with Crippen molar-refractivity contribution in [2.45, 2.75) is 6.92 Å². The summed E-state index contributed by atoms with van der Waals surface area (Å²) in [6, 6.07) is -0.345. The lowest BCUT2D eigenvalue weighted by Gasteiger charge is -2.18. The number of hydrogen-bond acceptors (Lipinski definition) is 2. The number of carbonyl (C=O) groups is 1. The van der Waals surface area contributed by atoms with E-state index in [2.05, 4.69) is 5.32 Å². The highest BCUT2D eigenvalue weighted by Gasteiger charge is 2.16. The molecule has 0 aliphatic carbocycles. The zero-order chi connectivity index (χ0) is 7.56. The Morgan fingerprint density at radius 1 is 1.90 bits per heavy atom. The highest BCUT2D eigenvalue weighted by Crippen LogP contribution is 2.04. The van der Waals surface area contributed by atoms with Crippen LogP contribution in [0.3, 0.4) is 0 Å². The maximum Gasteiger partial charge on any atom is 0.335 e. The summed E-state index contributed by atoms with van der Waals surface area (Å²) in [7, 11) is 0. The van der Waals surface area contributed by atoms with Gasteiger partial charge in [-0.05, 0) is 13.0 Å². The number of hydrogen-bond donors (Lipinski definition) is 1. The summed E-state index contributed by atoms with van der Waals surface area (Å²) in [6.45, 7) is 2.24. The molecule has 0 aromatic heterocycles. The fraction of sp³-hybridized carbons (Fsp3) is 0.333. The minimum absolute atomic E-state index is 0.345. The molecule has 1 aliphatic rings. The second kappa shape index (κ2) is 2.40. The lowest BCUT2D eigenvalue weighted by Crippen LogP contribution is -2.39. The van der Waals surface area contributed by atoms with E-state index in [1.807, 2.05) is 0 Å². The van der Waals surface area contributed by atoms with Gasteiger partial charge in [0.15, 0.2) is 6.19 Å². The molecule has 0 saturated heterocycles. The predicted octanol–water partition coefficient (Wildman–Crippen LogP) is 0.396. The fourth-order valence-electron chi connectivity index (χ4n) is 0.741. The molecule has 10 heavy (non-hydrogen) atoms. The van der Waals surface area contributed by atoms with Crippen LogP contribution in [0.15, 0.2) is 11.8 Å². The Balaban J connectivity index is 2.85. The third-order valence-electron chi connectivity index (χ3n) is 1.31. The van der Waals surface area contributed by atoms with Gasteiger partial charge in [-0.3, -0.25) is 0 Å². The number of rotatable bonds is 0. The van der Waals surface area contributed by atoms with Gasteiger partial charge in [-0.2, -0.15) is 5.26 Å². The Hall–Kier alpha value is -1.50. The zero-order valence-corrected chi connectivity index (χ0v) is 5.59. The molecule has 0 spiro atoms. The van der Waals surface area contributed by atoms with E-state index in [1.165, 1.54) is 0 Å². The Labute approximate surface area is 58.7 Å². The first kappa shape index (κ1) is 6.62. The van der Waals surface area contributed by atoms with Crippen LogP contribution in [0.25, 0.3) is 0 Å². The summed E-state index contributed by atoms with van der Waals surface area (Å²) in [4.78, 5) is 11.8. The fourth-order valence-corrected chi connectivity index (χ4v) is 0.741. The second-order valence-corrected chi connectivity index (χ2v) is 1.97. The van der Waals surface area contributed by atoms with E-state index < -0.39 is 0 Å². The van der Waals surface area contributed by atoms with Gasteiger partial charge < -0.3 is 5.32 Å². The summed E-state index contributed by atoms with van der Waals surface area (Å²) in [5, 5.41) is 10.9. The topological polar surface area (TPSA) is 56.1 Å². The summed E-state index contributed by atoms with van der Waals surface area (Å²) in [5.74, 6) is 0. The molecule has 4 heteroatoms. The molecule has 0 aromatic rings. The maximum atomic E-state index is 10.8. The summed E-state index contributed by atoms with van der Waals surface area (Å²) < 4.78 is 0. The van der Waals surface area contributed by atoms with Crippen LogP contribution in [-0.2, 0) is 0 Å². The number of nitrogens with one attached hydrogen (secondary N) is 1. The van der Waals surface area contributed by atoms with Gasteiger partial charge >= 0.3 is 6.03 Å². The number of carbonyl (C=O) groups excluding carboxylic acids is 1. The molecule has 2 amide bonds. The van der Waals surface area contributed by atoms with Crippen molar-refractivity contribution in [3.8, 4) is 6.19 Å². The molecule has 1 heterocycles. The first-order chi connectivity index (χ1) is 4.75. The van der Waals surface area contributed by atoms with E-state index >= 15 is 0 Å². The Kier molecular flexibility index (Phi) is 1.59. The summed E-state index contributed by atoms with van der Waals surface area (Å²) in [6.07, 6.45) is 3.54. The van der Waals surface area contributed by atoms with Gasteiger partial charge in [-0.25, -0.2) is 9.69 Å². The van der Waals surface area contributed by atoms with E-state index in [9.17, 15) is 4.79 Å².